The fraction of sp³-hybridized carbons (Fsp3) is 0.367. The quantitative estimate of drug-likeness (QED) is 0.320. The minimum Gasteiger partial charge on any atom is -0.503 e. The molecule has 1 unspecified atom stereocenters. The predicted molar refractivity (Wildman–Crippen MR) is 147 cm³/mol. The lowest BCUT2D eigenvalue weighted by molar-refractivity contribution is -0.147. The maximum Gasteiger partial charge on any atom is 0.325 e. The van der Waals surface area contributed by atoms with Gasteiger partial charge in [0, 0.05) is 23.4 Å². The van der Waals surface area contributed by atoms with E-state index < -0.39 is 36.2 Å². The van der Waals surface area contributed by atoms with Gasteiger partial charge in [-0.25, -0.2) is 4.98 Å². The van der Waals surface area contributed by atoms with Crippen molar-refractivity contribution in [3.05, 3.63) is 76.6 Å². The number of esters is 1. The Kier molecular flexibility index (Phi) is 10.1. The third kappa shape index (κ3) is 7.19. The fourth-order valence-corrected chi connectivity index (χ4v) is 4.35. The summed E-state index contributed by atoms with van der Waals surface area (Å²) in [6, 6.07) is 13.3. The topological polar surface area (TPSA) is 116 Å². The lowest BCUT2D eigenvalue weighted by Gasteiger charge is -2.28. The van der Waals surface area contributed by atoms with E-state index in [1.165, 1.54) is 19.4 Å². The predicted octanol–water partition coefficient (Wildman–Crippen LogP) is 4.70. The van der Waals surface area contributed by atoms with Gasteiger partial charge in [-0.15, -0.1) is 0 Å². The number of benzene rings is 2. The number of carbonyl (C=O) groups excluding carboxylic acids is 2. The highest BCUT2D eigenvalue weighted by molar-refractivity contribution is 5.97. The number of amides is 1. The van der Waals surface area contributed by atoms with Crippen molar-refractivity contribution >= 4 is 11.9 Å². The van der Waals surface area contributed by atoms with E-state index in [-0.39, 0.29) is 11.4 Å². The van der Waals surface area contributed by atoms with Gasteiger partial charge in [0.15, 0.2) is 17.2 Å². The molecular weight excluding hydrogens is 500 g/mol. The first kappa shape index (κ1) is 29.3. The molecule has 2 aromatic carbocycles. The van der Waals surface area contributed by atoms with E-state index in [0.717, 1.165) is 22.3 Å². The summed E-state index contributed by atoms with van der Waals surface area (Å²) < 4.78 is 22.8. The fourth-order valence-electron chi connectivity index (χ4n) is 4.35. The van der Waals surface area contributed by atoms with E-state index in [1.54, 1.807) is 6.92 Å². The minimum absolute atomic E-state index is 0.0978. The number of hydrogen-bond acceptors (Lipinski definition) is 8. The molecule has 3 rings (SSSR count). The van der Waals surface area contributed by atoms with Gasteiger partial charge in [-0.1, -0.05) is 24.3 Å². The average Bonchev–Trinajstić information content (AvgIpc) is 2.90. The number of pyridine rings is 1. The number of rotatable bonds is 12. The zero-order valence-electron chi connectivity index (χ0n) is 23.2. The van der Waals surface area contributed by atoms with Crippen LogP contribution in [0.2, 0.25) is 0 Å². The number of aromatic hydroxyl groups is 1. The average molecular weight is 537 g/mol. The molecule has 0 saturated carbocycles. The van der Waals surface area contributed by atoms with Crippen LogP contribution in [0.15, 0.2) is 48.7 Å². The van der Waals surface area contributed by atoms with Crippen molar-refractivity contribution < 1.29 is 33.6 Å². The van der Waals surface area contributed by atoms with Gasteiger partial charge in [-0.2, -0.15) is 0 Å². The molecule has 3 aromatic rings. The first-order valence-corrected chi connectivity index (χ1v) is 12.9. The smallest absolute Gasteiger partial charge is 0.325 e. The van der Waals surface area contributed by atoms with Crippen LogP contribution in [-0.2, 0) is 9.53 Å². The van der Waals surface area contributed by atoms with E-state index in [9.17, 15) is 14.7 Å². The highest BCUT2D eigenvalue weighted by Crippen LogP contribution is 2.40. The molecule has 1 heterocycles. The summed E-state index contributed by atoms with van der Waals surface area (Å²) >= 11 is 0. The molecule has 0 fully saturated rings. The third-order valence-electron chi connectivity index (χ3n) is 6.11. The molecule has 1 amide bonds. The highest BCUT2D eigenvalue weighted by Gasteiger charge is 2.30. The van der Waals surface area contributed by atoms with Gasteiger partial charge in [0.05, 0.1) is 26.2 Å². The Labute approximate surface area is 229 Å². The molecule has 9 nitrogen and oxygen atoms in total. The number of methoxy groups -OCH3 is 1. The second kappa shape index (κ2) is 13.5. The van der Waals surface area contributed by atoms with Crippen LogP contribution < -0.4 is 19.5 Å². The van der Waals surface area contributed by atoms with E-state index in [1.807, 2.05) is 64.1 Å². The van der Waals surface area contributed by atoms with Crippen LogP contribution in [0.25, 0.3) is 0 Å². The number of nitrogens with one attached hydrogen (secondary N) is 1. The largest absolute Gasteiger partial charge is 0.503 e. The van der Waals surface area contributed by atoms with Gasteiger partial charge < -0.3 is 29.4 Å². The van der Waals surface area contributed by atoms with Crippen LogP contribution in [0.3, 0.4) is 0 Å². The van der Waals surface area contributed by atoms with Crippen LogP contribution in [0.5, 0.6) is 23.0 Å². The number of carbonyl (C=O) groups is 2. The van der Waals surface area contributed by atoms with Crippen molar-refractivity contribution in [2.24, 2.45) is 0 Å². The lowest BCUT2D eigenvalue weighted by atomic mass is 9.85. The Balaban J connectivity index is 1.88. The van der Waals surface area contributed by atoms with Gasteiger partial charge in [-0.3, -0.25) is 9.59 Å². The van der Waals surface area contributed by atoms with Gasteiger partial charge in [-0.05, 0) is 57.9 Å². The van der Waals surface area contributed by atoms with Crippen LogP contribution in [0, 0.1) is 13.8 Å². The van der Waals surface area contributed by atoms with Crippen molar-refractivity contribution in [1.82, 2.24) is 10.3 Å². The van der Waals surface area contributed by atoms with Crippen molar-refractivity contribution in [2.75, 3.05) is 26.9 Å². The Morgan fingerprint density at radius 2 is 1.49 bits per heavy atom. The molecule has 0 saturated heterocycles. The third-order valence-corrected chi connectivity index (χ3v) is 6.11. The van der Waals surface area contributed by atoms with E-state index >= 15 is 0 Å². The molecule has 2 N–H and O–H groups in total. The summed E-state index contributed by atoms with van der Waals surface area (Å²) in [6.07, 6.45) is 0.676. The minimum atomic E-state index is -0.734. The molecule has 1 aromatic heterocycles. The van der Waals surface area contributed by atoms with Gasteiger partial charge in [0.1, 0.15) is 24.1 Å². The first-order chi connectivity index (χ1) is 18.7. The monoisotopic (exact) mass is 536 g/mol. The zero-order valence-corrected chi connectivity index (χ0v) is 23.2. The Bertz CT molecular complexity index is 1250. The number of hydrogen-bond donors (Lipinski definition) is 2. The molecule has 0 aliphatic carbocycles. The summed E-state index contributed by atoms with van der Waals surface area (Å²) in [7, 11) is 1.36. The molecule has 208 valence electrons. The van der Waals surface area contributed by atoms with Crippen molar-refractivity contribution in [2.45, 2.75) is 46.6 Å². The normalized spacial score (nSPS) is 11.6. The number of aromatic nitrogens is 1. The van der Waals surface area contributed by atoms with E-state index in [0.29, 0.717) is 24.7 Å². The Morgan fingerprint density at radius 3 is 2.00 bits per heavy atom. The van der Waals surface area contributed by atoms with Crippen LogP contribution in [0.4, 0.5) is 0 Å². The van der Waals surface area contributed by atoms with Gasteiger partial charge in [0.2, 0.25) is 0 Å². The maximum atomic E-state index is 12.9. The van der Waals surface area contributed by atoms with Crippen molar-refractivity contribution in [1.29, 1.82) is 0 Å². The molecule has 0 aliphatic heterocycles. The van der Waals surface area contributed by atoms with Crippen molar-refractivity contribution in [3.8, 4) is 23.0 Å². The molecule has 0 bridgehead atoms. The molecule has 1 atom stereocenters. The molecule has 0 radical (unpaired) electrons. The van der Waals surface area contributed by atoms with Crippen molar-refractivity contribution in [3.63, 3.8) is 0 Å². The SMILES string of the molecule is CCOc1cc(C)ccc1C(c1ccc(C)cc1OCC)C(C)OC(=O)CNC(=O)c1nccc(OC)c1O. The number of aryl methyl sites for hydroxylation is 2. The van der Waals surface area contributed by atoms with Gasteiger partial charge >= 0.3 is 5.97 Å². The number of nitrogens with zero attached hydrogens (tertiary/aromatic N) is 1. The van der Waals surface area contributed by atoms with Crippen LogP contribution >= 0.6 is 0 Å². The maximum absolute atomic E-state index is 12.9. The summed E-state index contributed by atoms with van der Waals surface area (Å²) in [5.41, 5.74) is 3.52. The van der Waals surface area contributed by atoms with E-state index in [2.05, 4.69) is 10.3 Å². The molecule has 0 aliphatic rings. The number of ether oxygens (including phenoxy) is 4. The van der Waals surface area contributed by atoms with Gasteiger partial charge in [0.25, 0.3) is 5.91 Å². The summed E-state index contributed by atoms with van der Waals surface area (Å²) in [5, 5.41) is 12.6. The standard InChI is InChI=1S/C30H36N2O7/c1-7-37-24-15-18(3)9-11-21(24)27(22-12-10-19(4)16-25(22)38-8-2)20(5)39-26(33)17-32-30(35)28-29(34)23(36-6)13-14-31-28/h9-16,20,27,34H,7-8,17H2,1-6H3,(H,32,35). The Morgan fingerprint density at radius 1 is 0.923 bits per heavy atom. The van der Waals surface area contributed by atoms with E-state index in [4.69, 9.17) is 18.9 Å². The summed E-state index contributed by atoms with van der Waals surface area (Å²) in [4.78, 5) is 29.3. The molecular formula is C30H36N2O7. The van der Waals surface area contributed by atoms with Crippen LogP contribution in [-0.4, -0.2) is 54.9 Å². The molecule has 0 spiro atoms. The molecule has 9 heteroatoms. The Hall–Kier alpha value is -4.27. The first-order valence-electron chi connectivity index (χ1n) is 12.9. The second-order valence-electron chi connectivity index (χ2n) is 9.01. The van der Waals surface area contributed by atoms with Crippen LogP contribution in [0.1, 0.15) is 59.4 Å². The highest BCUT2D eigenvalue weighted by atomic mass is 16.5. The zero-order chi connectivity index (χ0) is 28.5. The summed E-state index contributed by atoms with van der Waals surface area (Å²) in [5.74, 6) is -0.730. The second-order valence-corrected chi connectivity index (χ2v) is 9.01. The lowest BCUT2D eigenvalue weighted by Crippen LogP contribution is -2.34. The summed E-state index contributed by atoms with van der Waals surface area (Å²) in [6.45, 7) is 10.1. The molecule has 39 heavy (non-hydrogen) atoms.